The maximum absolute atomic E-state index is 12.9. The van der Waals surface area contributed by atoms with Crippen molar-refractivity contribution in [2.75, 3.05) is 18.5 Å². The third kappa shape index (κ3) is 2.72. The zero-order valence-corrected chi connectivity index (χ0v) is 16.4. The van der Waals surface area contributed by atoms with Crippen molar-refractivity contribution >= 4 is 11.7 Å². The smallest absolute Gasteiger partial charge is 0.329 e. The van der Waals surface area contributed by atoms with Crippen LogP contribution in [0.25, 0.3) is 22.5 Å². The number of hydrogen-bond acceptors (Lipinski definition) is 2. The van der Waals surface area contributed by atoms with Crippen LogP contribution in [0.15, 0.2) is 53.3 Å². The minimum atomic E-state index is -0.157. The molecule has 28 heavy (non-hydrogen) atoms. The summed E-state index contributed by atoms with van der Waals surface area (Å²) >= 11 is 0. The van der Waals surface area contributed by atoms with Crippen molar-refractivity contribution in [1.82, 2.24) is 14.5 Å². The number of amides is 2. The van der Waals surface area contributed by atoms with Crippen LogP contribution in [-0.2, 0) is 13.6 Å². The van der Waals surface area contributed by atoms with Crippen molar-refractivity contribution in [2.45, 2.75) is 19.9 Å². The Morgan fingerprint density at radius 3 is 2.50 bits per heavy atom. The number of benzene rings is 2. The van der Waals surface area contributed by atoms with Gasteiger partial charge in [-0.25, -0.2) is 9.59 Å². The molecule has 1 N–H and O–H groups in total. The van der Waals surface area contributed by atoms with E-state index in [2.05, 4.69) is 17.4 Å². The van der Waals surface area contributed by atoms with E-state index in [1.807, 2.05) is 47.9 Å². The fourth-order valence-corrected chi connectivity index (χ4v) is 3.87. The quantitative estimate of drug-likeness (QED) is 0.593. The molecular formula is C22H24N4O2. The Morgan fingerprint density at radius 2 is 1.75 bits per heavy atom. The SMILES string of the molecule is CCCNC(=O)N(C)c1ccccc1-c1c2n(c(=O)n1C)Cc1ccccc1-2. The molecule has 0 bridgehead atoms. The molecule has 1 aromatic heterocycles. The van der Waals surface area contributed by atoms with Gasteiger partial charge in [-0.2, -0.15) is 0 Å². The molecule has 0 radical (unpaired) electrons. The summed E-state index contributed by atoms with van der Waals surface area (Å²) in [7, 11) is 3.55. The highest BCUT2D eigenvalue weighted by molar-refractivity contribution is 5.98. The van der Waals surface area contributed by atoms with Crippen LogP contribution in [-0.4, -0.2) is 28.8 Å². The highest BCUT2D eigenvalue weighted by atomic mass is 16.2. The molecule has 0 fully saturated rings. The van der Waals surface area contributed by atoms with Gasteiger partial charge in [0.15, 0.2) is 0 Å². The lowest BCUT2D eigenvalue weighted by Gasteiger charge is -2.21. The van der Waals surface area contributed by atoms with Gasteiger partial charge in [0, 0.05) is 31.8 Å². The van der Waals surface area contributed by atoms with E-state index in [1.54, 1.807) is 23.6 Å². The van der Waals surface area contributed by atoms with E-state index in [-0.39, 0.29) is 11.7 Å². The van der Waals surface area contributed by atoms with E-state index in [4.69, 9.17) is 0 Å². The van der Waals surface area contributed by atoms with E-state index in [0.717, 1.165) is 40.2 Å². The first kappa shape index (κ1) is 18.1. The zero-order chi connectivity index (χ0) is 19.8. The van der Waals surface area contributed by atoms with Crippen molar-refractivity contribution in [3.8, 4) is 22.5 Å². The molecule has 0 spiro atoms. The highest BCUT2D eigenvalue weighted by Gasteiger charge is 2.29. The normalized spacial score (nSPS) is 11.8. The predicted octanol–water partition coefficient (Wildman–Crippen LogP) is 3.44. The topological polar surface area (TPSA) is 59.3 Å². The number of anilines is 1. The standard InChI is InChI=1S/C22H24N4O2/c1-4-13-23-21(27)24(2)18-12-8-7-11-17(18)19-20-16-10-6-5-9-15(16)14-26(20)22(28)25(19)3/h5-12H,4,13-14H2,1-3H3,(H,23,27). The van der Waals surface area contributed by atoms with Crippen LogP contribution in [0.3, 0.4) is 0 Å². The van der Waals surface area contributed by atoms with E-state index in [9.17, 15) is 9.59 Å². The number of rotatable bonds is 4. The highest BCUT2D eigenvalue weighted by Crippen LogP contribution is 2.41. The van der Waals surface area contributed by atoms with E-state index >= 15 is 0 Å². The number of fused-ring (bicyclic) bond motifs is 3. The first-order valence-corrected chi connectivity index (χ1v) is 9.53. The van der Waals surface area contributed by atoms with Gasteiger partial charge >= 0.3 is 11.7 Å². The average Bonchev–Trinajstić information content (AvgIpc) is 3.21. The molecule has 0 aliphatic carbocycles. The van der Waals surface area contributed by atoms with Crippen LogP contribution in [0.4, 0.5) is 10.5 Å². The van der Waals surface area contributed by atoms with Gasteiger partial charge in [0.05, 0.1) is 23.6 Å². The number of carbonyl (C=O) groups excluding carboxylic acids is 1. The zero-order valence-electron chi connectivity index (χ0n) is 16.4. The van der Waals surface area contributed by atoms with Gasteiger partial charge in [-0.05, 0) is 18.1 Å². The van der Waals surface area contributed by atoms with E-state index in [0.29, 0.717) is 13.1 Å². The molecule has 2 heterocycles. The summed E-state index contributed by atoms with van der Waals surface area (Å²) in [6, 6.07) is 15.7. The lowest BCUT2D eigenvalue weighted by molar-refractivity contribution is 0.247. The largest absolute Gasteiger partial charge is 0.338 e. The molecule has 4 rings (SSSR count). The number of nitrogens with one attached hydrogen (secondary N) is 1. The second-order valence-corrected chi connectivity index (χ2v) is 7.09. The number of carbonyl (C=O) groups is 1. The van der Waals surface area contributed by atoms with Gasteiger partial charge in [-0.1, -0.05) is 49.4 Å². The molecule has 0 unspecified atom stereocenters. The Labute approximate surface area is 164 Å². The second-order valence-electron chi connectivity index (χ2n) is 7.09. The van der Waals surface area contributed by atoms with Crippen LogP contribution < -0.4 is 15.9 Å². The second kappa shape index (κ2) is 7.03. The summed E-state index contributed by atoms with van der Waals surface area (Å²) < 4.78 is 3.50. The number of aromatic nitrogens is 2. The summed E-state index contributed by atoms with van der Waals surface area (Å²) in [5, 5.41) is 2.91. The van der Waals surface area contributed by atoms with Gasteiger partial charge in [0.1, 0.15) is 0 Å². The predicted molar refractivity (Wildman–Crippen MR) is 112 cm³/mol. The maximum atomic E-state index is 12.9. The molecule has 2 amide bonds. The third-order valence-corrected chi connectivity index (χ3v) is 5.30. The monoisotopic (exact) mass is 376 g/mol. The molecule has 6 nitrogen and oxygen atoms in total. The van der Waals surface area contributed by atoms with Crippen molar-refractivity contribution in [3.63, 3.8) is 0 Å². The summed E-state index contributed by atoms with van der Waals surface area (Å²) in [5.74, 6) is 0. The molecule has 0 saturated heterocycles. The molecular weight excluding hydrogens is 352 g/mol. The summed E-state index contributed by atoms with van der Waals surface area (Å²) in [4.78, 5) is 27.1. The first-order chi connectivity index (χ1) is 13.5. The number of para-hydroxylation sites is 1. The lowest BCUT2D eigenvalue weighted by atomic mass is 10.0. The first-order valence-electron chi connectivity index (χ1n) is 9.53. The number of imidazole rings is 1. The Morgan fingerprint density at radius 1 is 1.07 bits per heavy atom. The molecule has 6 heteroatoms. The lowest BCUT2D eigenvalue weighted by Crippen LogP contribution is -2.37. The molecule has 144 valence electrons. The molecule has 1 aliphatic heterocycles. The average molecular weight is 376 g/mol. The van der Waals surface area contributed by atoms with Gasteiger partial charge in [-0.3, -0.25) is 14.0 Å². The number of hydrogen-bond donors (Lipinski definition) is 1. The Bertz CT molecular complexity index is 1110. The molecule has 2 aromatic carbocycles. The number of nitrogens with zero attached hydrogens (tertiary/aromatic N) is 3. The van der Waals surface area contributed by atoms with Crippen LogP contribution in [0.1, 0.15) is 18.9 Å². The van der Waals surface area contributed by atoms with Crippen molar-refractivity contribution in [2.24, 2.45) is 7.05 Å². The Kier molecular flexibility index (Phi) is 4.55. The van der Waals surface area contributed by atoms with Gasteiger partial charge in [0.2, 0.25) is 0 Å². The Balaban J connectivity index is 1.89. The maximum Gasteiger partial charge on any atom is 0.329 e. The van der Waals surface area contributed by atoms with Crippen molar-refractivity contribution in [1.29, 1.82) is 0 Å². The van der Waals surface area contributed by atoms with Crippen LogP contribution in [0.2, 0.25) is 0 Å². The van der Waals surface area contributed by atoms with Gasteiger partial charge in [-0.15, -0.1) is 0 Å². The minimum Gasteiger partial charge on any atom is -0.338 e. The van der Waals surface area contributed by atoms with E-state index in [1.165, 1.54) is 0 Å². The van der Waals surface area contributed by atoms with Gasteiger partial charge in [0.25, 0.3) is 0 Å². The van der Waals surface area contributed by atoms with E-state index < -0.39 is 0 Å². The minimum absolute atomic E-state index is 0.0471. The molecule has 0 saturated carbocycles. The molecule has 3 aromatic rings. The molecule has 0 atom stereocenters. The van der Waals surface area contributed by atoms with Crippen LogP contribution >= 0.6 is 0 Å². The fraction of sp³-hybridized carbons (Fsp3) is 0.273. The van der Waals surface area contributed by atoms with Crippen molar-refractivity contribution in [3.05, 3.63) is 64.6 Å². The summed E-state index contributed by atoms with van der Waals surface area (Å²) in [5.41, 5.74) is 5.55. The Hall–Kier alpha value is -3.28. The number of urea groups is 1. The fourth-order valence-electron chi connectivity index (χ4n) is 3.87. The third-order valence-electron chi connectivity index (χ3n) is 5.30. The summed E-state index contributed by atoms with van der Waals surface area (Å²) in [6.07, 6.45) is 0.875. The van der Waals surface area contributed by atoms with Crippen LogP contribution in [0.5, 0.6) is 0 Å². The van der Waals surface area contributed by atoms with Crippen LogP contribution in [0, 0.1) is 0 Å². The molecule has 1 aliphatic rings. The van der Waals surface area contributed by atoms with Crippen molar-refractivity contribution < 1.29 is 4.79 Å². The van der Waals surface area contributed by atoms with Gasteiger partial charge < -0.3 is 5.32 Å². The summed E-state index contributed by atoms with van der Waals surface area (Å²) in [6.45, 7) is 3.22.